The minimum Gasteiger partial charge on any atom is -0.475 e. The molecular formula is C18H23N3O3. The quantitative estimate of drug-likeness (QED) is 0.870. The van der Waals surface area contributed by atoms with E-state index in [0.29, 0.717) is 36.5 Å². The molecule has 0 bridgehead atoms. The number of nitrogens with two attached hydrogens (primary N) is 1. The van der Waals surface area contributed by atoms with Crippen LogP contribution in [0.5, 0.6) is 5.75 Å². The number of benzene rings is 1. The Morgan fingerprint density at radius 2 is 1.96 bits per heavy atom. The first kappa shape index (κ1) is 16.4. The largest absolute Gasteiger partial charge is 0.475 e. The molecule has 0 saturated carbocycles. The summed E-state index contributed by atoms with van der Waals surface area (Å²) in [5.41, 5.74) is 8.07. The summed E-state index contributed by atoms with van der Waals surface area (Å²) < 4.78 is 11.4. The van der Waals surface area contributed by atoms with Gasteiger partial charge in [-0.1, -0.05) is 19.0 Å². The highest BCUT2D eigenvalue weighted by molar-refractivity contribution is 6.03. The lowest BCUT2D eigenvalue weighted by Crippen LogP contribution is -2.55. The Morgan fingerprint density at radius 1 is 1.25 bits per heavy atom. The van der Waals surface area contributed by atoms with Crippen molar-refractivity contribution in [1.82, 2.24) is 5.16 Å². The van der Waals surface area contributed by atoms with E-state index >= 15 is 0 Å². The van der Waals surface area contributed by atoms with Gasteiger partial charge in [0.25, 0.3) is 5.91 Å². The van der Waals surface area contributed by atoms with Crippen LogP contribution in [0.2, 0.25) is 0 Å². The second-order valence-corrected chi connectivity index (χ2v) is 6.22. The number of hydrogen-bond donors (Lipinski definition) is 1. The molecule has 1 aromatic heterocycles. The van der Waals surface area contributed by atoms with Crippen LogP contribution in [0.4, 0.5) is 11.4 Å². The molecule has 1 aliphatic heterocycles. The van der Waals surface area contributed by atoms with Crippen LogP contribution in [-0.4, -0.2) is 16.7 Å². The molecule has 128 valence electrons. The maximum Gasteiger partial charge on any atom is 0.271 e. The Hall–Kier alpha value is -2.50. The Labute approximate surface area is 141 Å². The van der Waals surface area contributed by atoms with Crippen molar-refractivity contribution in [3.05, 3.63) is 35.2 Å². The maximum absolute atomic E-state index is 13.2. The van der Waals surface area contributed by atoms with Crippen molar-refractivity contribution in [3.63, 3.8) is 0 Å². The van der Waals surface area contributed by atoms with Crippen LogP contribution >= 0.6 is 0 Å². The molecule has 0 saturated heterocycles. The van der Waals surface area contributed by atoms with E-state index in [0.717, 1.165) is 17.0 Å². The van der Waals surface area contributed by atoms with Gasteiger partial charge in [0.1, 0.15) is 11.5 Å². The van der Waals surface area contributed by atoms with Gasteiger partial charge in [0.2, 0.25) is 0 Å². The van der Waals surface area contributed by atoms with E-state index < -0.39 is 5.60 Å². The first-order chi connectivity index (χ1) is 11.4. The predicted molar refractivity (Wildman–Crippen MR) is 92.0 cm³/mol. The number of aromatic nitrogens is 1. The minimum atomic E-state index is -0.845. The molecule has 2 N–H and O–H groups in total. The van der Waals surface area contributed by atoms with Gasteiger partial charge >= 0.3 is 0 Å². The predicted octanol–water partition coefficient (Wildman–Crippen LogP) is 3.36. The summed E-state index contributed by atoms with van der Waals surface area (Å²) in [6, 6.07) is 5.40. The van der Waals surface area contributed by atoms with Crippen LogP contribution in [0.1, 0.15) is 43.7 Å². The van der Waals surface area contributed by atoms with Crippen molar-refractivity contribution in [2.45, 2.75) is 52.7 Å². The van der Waals surface area contributed by atoms with E-state index in [2.05, 4.69) is 5.16 Å². The molecule has 6 heteroatoms. The number of nitrogens with zero attached hydrogens (tertiary/aromatic N) is 2. The van der Waals surface area contributed by atoms with Crippen LogP contribution in [0.25, 0.3) is 0 Å². The number of nitrogen functional groups attached to an aromatic ring is 1. The SMILES string of the molecule is CCC1(CC)Oc2ccc(N)cc2N(Cc2c(C)noc2C)C1=O. The number of rotatable bonds is 4. The number of aryl methyl sites for hydroxylation is 2. The number of hydrogen-bond acceptors (Lipinski definition) is 5. The minimum absolute atomic E-state index is 0.0504. The third kappa shape index (κ3) is 2.42. The van der Waals surface area contributed by atoms with E-state index in [9.17, 15) is 4.79 Å². The zero-order chi connectivity index (χ0) is 17.5. The molecule has 1 aromatic carbocycles. The van der Waals surface area contributed by atoms with Crippen LogP contribution in [-0.2, 0) is 11.3 Å². The molecule has 3 rings (SSSR count). The van der Waals surface area contributed by atoms with Gasteiger partial charge in [0.15, 0.2) is 5.60 Å². The lowest BCUT2D eigenvalue weighted by atomic mass is 9.92. The molecule has 0 aliphatic carbocycles. The first-order valence-electron chi connectivity index (χ1n) is 8.24. The van der Waals surface area contributed by atoms with E-state index in [-0.39, 0.29) is 5.91 Å². The third-order valence-corrected chi connectivity index (χ3v) is 4.85. The monoisotopic (exact) mass is 329 g/mol. The fourth-order valence-corrected chi connectivity index (χ4v) is 3.18. The fourth-order valence-electron chi connectivity index (χ4n) is 3.18. The van der Waals surface area contributed by atoms with Crippen molar-refractivity contribution in [2.75, 3.05) is 10.6 Å². The molecule has 0 fully saturated rings. The highest BCUT2D eigenvalue weighted by atomic mass is 16.5. The summed E-state index contributed by atoms with van der Waals surface area (Å²) in [6.07, 6.45) is 1.20. The number of amides is 1. The molecule has 0 spiro atoms. The Balaban J connectivity index is 2.11. The second-order valence-electron chi connectivity index (χ2n) is 6.22. The summed E-state index contributed by atoms with van der Waals surface area (Å²) in [7, 11) is 0. The van der Waals surface area contributed by atoms with Gasteiger partial charge in [-0.15, -0.1) is 0 Å². The highest BCUT2D eigenvalue weighted by Crippen LogP contribution is 2.42. The molecule has 1 aliphatic rings. The number of ether oxygens (including phenoxy) is 1. The Kier molecular flexibility index (Phi) is 3.99. The van der Waals surface area contributed by atoms with E-state index in [1.54, 1.807) is 17.0 Å². The zero-order valence-corrected chi connectivity index (χ0v) is 14.5. The van der Waals surface area contributed by atoms with Crippen LogP contribution in [0.3, 0.4) is 0 Å². The van der Waals surface area contributed by atoms with E-state index in [1.807, 2.05) is 33.8 Å². The van der Waals surface area contributed by atoms with Crippen LogP contribution < -0.4 is 15.4 Å². The zero-order valence-electron chi connectivity index (χ0n) is 14.5. The van der Waals surface area contributed by atoms with Gasteiger partial charge in [-0.2, -0.15) is 0 Å². The molecule has 1 amide bonds. The van der Waals surface area contributed by atoms with E-state index in [1.165, 1.54) is 0 Å². The second kappa shape index (κ2) is 5.85. The molecule has 2 heterocycles. The van der Waals surface area contributed by atoms with Gasteiger partial charge in [0.05, 0.1) is 17.9 Å². The number of carbonyl (C=O) groups is 1. The van der Waals surface area contributed by atoms with Crippen molar-refractivity contribution in [3.8, 4) is 5.75 Å². The normalized spacial score (nSPS) is 16.0. The van der Waals surface area contributed by atoms with Crippen molar-refractivity contribution < 1.29 is 14.1 Å². The van der Waals surface area contributed by atoms with Crippen LogP contribution in [0, 0.1) is 13.8 Å². The molecule has 6 nitrogen and oxygen atoms in total. The van der Waals surface area contributed by atoms with Gasteiger partial charge in [-0.25, -0.2) is 0 Å². The molecule has 0 radical (unpaired) electrons. The summed E-state index contributed by atoms with van der Waals surface area (Å²) in [6.45, 7) is 8.06. The Morgan fingerprint density at radius 3 is 2.54 bits per heavy atom. The van der Waals surface area contributed by atoms with E-state index in [4.69, 9.17) is 15.0 Å². The number of carbonyl (C=O) groups excluding carboxylic acids is 1. The maximum atomic E-state index is 13.2. The standard InChI is InChI=1S/C18H23N3O3/c1-5-18(6-2)17(22)21(10-14-11(3)20-24-12(14)4)15-9-13(19)7-8-16(15)23-18/h7-9H,5-6,10,19H2,1-4H3. The molecule has 0 atom stereocenters. The van der Waals surface area contributed by atoms with Gasteiger partial charge in [-0.3, -0.25) is 4.79 Å². The average molecular weight is 329 g/mol. The number of anilines is 2. The third-order valence-electron chi connectivity index (χ3n) is 4.85. The lowest BCUT2D eigenvalue weighted by Gasteiger charge is -2.42. The number of fused-ring (bicyclic) bond motifs is 1. The highest BCUT2D eigenvalue weighted by Gasteiger charge is 2.46. The van der Waals surface area contributed by atoms with Crippen LogP contribution in [0.15, 0.2) is 22.7 Å². The summed E-state index contributed by atoms with van der Waals surface area (Å²) in [5.74, 6) is 1.35. The molecule has 2 aromatic rings. The first-order valence-corrected chi connectivity index (χ1v) is 8.24. The summed E-state index contributed by atoms with van der Waals surface area (Å²) >= 11 is 0. The average Bonchev–Trinajstić information content (AvgIpc) is 2.89. The topological polar surface area (TPSA) is 81.6 Å². The lowest BCUT2D eigenvalue weighted by molar-refractivity contribution is -0.136. The smallest absolute Gasteiger partial charge is 0.271 e. The van der Waals surface area contributed by atoms with Crippen molar-refractivity contribution in [1.29, 1.82) is 0 Å². The van der Waals surface area contributed by atoms with Gasteiger partial charge in [-0.05, 0) is 44.9 Å². The Bertz CT molecular complexity index is 758. The van der Waals surface area contributed by atoms with Gasteiger partial charge in [0, 0.05) is 11.3 Å². The van der Waals surface area contributed by atoms with Gasteiger partial charge < -0.3 is 19.9 Å². The molecule has 0 unspecified atom stereocenters. The summed E-state index contributed by atoms with van der Waals surface area (Å²) in [4.78, 5) is 15.0. The summed E-state index contributed by atoms with van der Waals surface area (Å²) in [5, 5.41) is 3.99. The fraction of sp³-hybridized carbons (Fsp3) is 0.444. The van der Waals surface area contributed by atoms with Crippen molar-refractivity contribution >= 4 is 17.3 Å². The molecular weight excluding hydrogens is 306 g/mol. The molecule has 24 heavy (non-hydrogen) atoms. The van der Waals surface area contributed by atoms with Crippen molar-refractivity contribution in [2.24, 2.45) is 0 Å².